The van der Waals surface area contributed by atoms with Crippen LogP contribution in [0.4, 0.5) is 9.18 Å². The lowest BCUT2D eigenvalue weighted by molar-refractivity contribution is -0.125. The van der Waals surface area contributed by atoms with E-state index in [1.165, 1.54) is 24.3 Å². The lowest BCUT2D eigenvalue weighted by Crippen LogP contribution is -2.52. The van der Waals surface area contributed by atoms with Crippen LogP contribution in [-0.4, -0.2) is 41.4 Å². The van der Waals surface area contributed by atoms with Gasteiger partial charge in [-0.1, -0.05) is 18.2 Å². The van der Waals surface area contributed by atoms with Crippen LogP contribution >= 0.6 is 0 Å². The fourth-order valence-corrected chi connectivity index (χ4v) is 4.71. The predicted molar refractivity (Wildman–Crippen MR) is 125 cm³/mol. The van der Waals surface area contributed by atoms with Crippen LogP contribution in [0, 0.1) is 5.82 Å². The molecule has 2 aliphatic heterocycles. The van der Waals surface area contributed by atoms with E-state index in [-0.39, 0.29) is 24.8 Å². The second-order valence-corrected chi connectivity index (χ2v) is 8.70. The number of rotatable bonds is 5. The number of amides is 4. The first-order valence-electron chi connectivity index (χ1n) is 11.1. The highest BCUT2D eigenvalue weighted by Crippen LogP contribution is 2.35. The second kappa shape index (κ2) is 7.91. The minimum atomic E-state index is -1.66. The molecule has 1 fully saturated rings. The summed E-state index contributed by atoms with van der Waals surface area (Å²) in [5.74, 6) is -0.682. The Morgan fingerprint density at radius 2 is 1.94 bits per heavy atom. The number of halogens is 1. The summed E-state index contributed by atoms with van der Waals surface area (Å²) in [4.78, 5) is 44.3. The Kier molecular flexibility index (Phi) is 4.78. The Morgan fingerprint density at radius 3 is 2.69 bits per heavy atom. The molecule has 0 aliphatic carbocycles. The molecule has 2 aromatic carbocycles. The van der Waals surface area contributed by atoms with E-state index >= 15 is 0 Å². The molecular weight excluding hydrogens is 467 g/mol. The molecule has 2 aliphatic rings. The molecular formula is C26H19FN4O5. The average Bonchev–Trinajstić information content (AvgIpc) is 3.52. The average molecular weight is 486 g/mol. The highest BCUT2D eigenvalue weighted by atomic mass is 19.1. The summed E-state index contributed by atoms with van der Waals surface area (Å²) < 4.78 is 25.5. The van der Waals surface area contributed by atoms with Crippen molar-refractivity contribution < 1.29 is 27.9 Å². The lowest BCUT2D eigenvalue weighted by atomic mass is 9.95. The lowest BCUT2D eigenvalue weighted by Gasteiger charge is -2.29. The van der Waals surface area contributed by atoms with Crippen molar-refractivity contribution in [3.05, 3.63) is 83.5 Å². The zero-order chi connectivity index (χ0) is 25.0. The summed E-state index contributed by atoms with van der Waals surface area (Å²) in [5, 5.41) is 5.47. The fraction of sp³-hybridized carbons (Fsp3) is 0.154. The third-order valence-corrected chi connectivity index (χ3v) is 6.54. The first-order valence-corrected chi connectivity index (χ1v) is 11.1. The molecule has 1 saturated heterocycles. The molecule has 4 heterocycles. The molecule has 10 heteroatoms. The van der Waals surface area contributed by atoms with E-state index in [1.54, 1.807) is 48.5 Å². The molecule has 1 atom stereocenters. The normalized spacial score (nSPS) is 18.9. The van der Waals surface area contributed by atoms with E-state index in [9.17, 15) is 18.8 Å². The topological polar surface area (TPSA) is 114 Å². The molecule has 6 rings (SSSR count). The molecule has 180 valence electrons. The molecule has 0 bridgehead atoms. The predicted octanol–water partition coefficient (Wildman–Crippen LogP) is 3.33. The molecule has 0 radical (unpaired) electrons. The third-order valence-electron chi connectivity index (χ3n) is 6.54. The summed E-state index contributed by atoms with van der Waals surface area (Å²) in [6.45, 7) is 0.0934. The number of benzene rings is 2. The van der Waals surface area contributed by atoms with Crippen LogP contribution < -0.4 is 15.4 Å². The summed E-state index contributed by atoms with van der Waals surface area (Å²) >= 11 is 0. The largest absolute Gasteiger partial charge is 0.497 e. The summed E-state index contributed by atoms with van der Waals surface area (Å²) in [7, 11) is 1.51. The minimum absolute atomic E-state index is 0.134. The maximum absolute atomic E-state index is 14.3. The number of fused-ring (bicyclic) bond motifs is 2. The van der Waals surface area contributed by atoms with Crippen molar-refractivity contribution in [1.29, 1.82) is 0 Å². The quantitative estimate of drug-likeness (QED) is 0.419. The number of carbonyl (C=O) groups excluding carboxylic acids is 3. The van der Waals surface area contributed by atoms with Crippen molar-refractivity contribution in [2.75, 3.05) is 13.7 Å². The zero-order valence-corrected chi connectivity index (χ0v) is 19.0. The van der Waals surface area contributed by atoms with Crippen LogP contribution in [0.3, 0.4) is 0 Å². The fourth-order valence-electron chi connectivity index (χ4n) is 4.71. The van der Waals surface area contributed by atoms with Crippen LogP contribution in [0.5, 0.6) is 5.75 Å². The number of nitrogens with one attached hydrogen (secondary N) is 2. The van der Waals surface area contributed by atoms with Crippen molar-refractivity contribution >= 4 is 28.8 Å². The van der Waals surface area contributed by atoms with Crippen molar-refractivity contribution in [2.45, 2.75) is 12.1 Å². The van der Waals surface area contributed by atoms with Gasteiger partial charge in [-0.15, -0.1) is 0 Å². The zero-order valence-electron chi connectivity index (χ0n) is 19.0. The SMILES string of the molecule is COc1ccc2c(c1)C(=O)N(C[C@@]1(c3cc4cc(-c5ccccc5F)ncc4o3)NC(=O)NC1=O)C2. The number of ether oxygens (including phenoxy) is 1. The Bertz CT molecular complexity index is 1580. The van der Waals surface area contributed by atoms with Crippen LogP contribution in [-0.2, 0) is 16.9 Å². The van der Waals surface area contributed by atoms with Gasteiger partial charge in [0.15, 0.2) is 11.1 Å². The van der Waals surface area contributed by atoms with Gasteiger partial charge in [0.25, 0.3) is 11.8 Å². The number of urea groups is 1. The number of hydrogen-bond donors (Lipinski definition) is 2. The maximum atomic E-state index is 14.3. The van der Waals surface area contributed by atoms with Crippen LogP contribution in [0.25, 0.3) is 22.2 Å². The van der Waals surface area contributed by atoms with Gasteiger partial charge in [-0.3, -0.25) is 19.9 Å². The Hall–Kier alpha value is -4.73. The van der Waals surface area contributed by atoms with Gasteiger partial charge in [0.2, 0.25) is 0 Å². The van der Waals surface area contributed by atoms with Gasteiger partial charge in [-0.2, -0.15) is 0 Å². The molecule has 9 nitrogen and oxygen atoms in total. The number of aromatic nitrogens is 1. The third kappa shape index (κ3) is 3.29. The number of imide groups is 1. The summed E-state index contributed by atoms with van der Waals surface area (Å²) in [5.41, 5.74) is 0.650. The van der Waals surface area contributed by atoms with Crippen LogP contribution in [0.1, 0.15) is 21.7 Å². The van der Waals surface area contributed by atoms with Crippen molar-refractivity contribution in [3.63, 3.8) is 0 Å². The number of carbonyl (C=O) groups is 3. The molecule has 2 aromatic heterocycles. The van der Waals surface area contributed by atoms with Gasteiger partial charge in [0.1, 0.15) is 17.3 Å². The van der Waals surface area contributed by atoms with Crippen molar-refractivity contribution in [2.24, 2.45) is 0 Å². The molecule has 4 aromatic rings. The van der Waals surface area contributed by atoms with Crippen LogP contribution in [0.2, 0.25) is 0 Å². The standard InChI is InChI=1S/C26H19FN4O5/c1-35-16-7-6-14-12-31(23(32)18(14)10-16)13-26(24(33)29-25(34)30-26)22-9-15-8-20(28-11-21(15)36-22)17-4-2-3-5-19(17)27/h2-11H,12-13H2,1H3,(H2,29,30,33,34)/t26-/m0/s1. The van der Waals surface area contributed by atoms with E-state index in [0.717, 1.165) is 5.56 Å². The number of furan rings is 1. The minimum Gasteiger partial charge on any atom is -0.497 e. The smallest absolute Gasteiger partial charge is 0.322 e. The highest BCUT2D eigenvalue weighted by Gasteiger charge is 2.53. The van der Waals surface area contributed by atoms with Gasteiger partial charge in [0, 0.05) is 23.1 Å². The molecule has 0 saturated carbocycles. The van der Waals surface area contributed by atoms with Crippen LogP contribution in [0.15, 0.2) is 65.2 Å². The van der Waals surface area contributed by atoms with Gasteiger partial charge in [0.05, 0.1) is 25.5 Å². The van der Waals surface area contributed by atoms with E-state index in [1.807, 2.05) is 0 Å². The van der Waals surface area contributed by atoms with Crippen molar-refractivity contribution in [3.8, 4) is 17.0 Å². The van der Waals surface area contributed by atoms with Gasteiger partial charge < -0.3 is 19.4 Å². The molecule has 0 spiro atoms. The second-order valence-electron chi connectivity index (χ2n) is 8.70. The Morgan fingerprint density at radius 1 is 1.11 bits per heavy atom. The Balaban J connectivity index is 1.39. The highest BCUT2D eigenvalue weighted by molar-refractivity contribution is 6.08. The molecule has 4 amide bonds. The maximum Gasteiger partial charge on any atom is 0.322 e. The van der Waals surface area contributed by atoms with Gasteiger partial charge in [-0.25, -0.2) is 9.18 Å². The van der Waals surface area contributed by atoms with E-state index in [2.05, 4.69) is 15.6 Å². The molecule has 0 unspecified atom stereocenters. The van der Waals surface area contributed by atoms with E-state index in [0.29, 0.717) is 33.5 Å². The van der Waals surface area contributed by atoms with E-state index < -0.39 is 23.3 Å². The number of pyridine rings is 1. The first kappa shape index (κ1) is 21.8. The van der Waals surface area contributed by atoms with Gasteiger partial charge >= 0.3 is 6.03 Å². The van der Waals surface area contributed by atoms with Crippen molar-refractivity contribution in [1.82, 2.24) is 20.5 Å². The van der Waals surface area contributed by atoms with E-state index in [4.69, 9.17) is 9.15 Å². The molecule has 36 heavy (non-hydrogen) atoms. The summed E-state index contributed by atoms with van der Waals surface area (Å²) in [6.07, 6.45) is 1.44. The number of nitrogens with zero attached hydrogens (tertiary/aromatic N) is 2. The number of methoxy groups -OCH3 is 1. The first-order chi connectivity index (χ1) is 17.4. The molecule has 2 N–H and O–H groups in total. The van der Waals surface area contributed by atoms with Gasteiger partial charge in [-0.05, 0) is 42.0 Å². The monoisotopic (exact) mass is 486 g/mol. The Labute approximate surface area is 203 Å². The number of hydrogen-bond acceptors (Lipinski definition) is 6. The summed E-state index contributed by atoms with van der Waals surface area (Å²) in [6, 6.07) is 14.0.